The van der Waals surface area contributed by atoms with Crippen molar-refractivity contribution >= 4 is 11.8 Å². The number of rotatable bonds is 4. The highest BCUT2D eigenvalue weighted by Gasteiger charge is 2.64. The van der Waals surface area contributed by atoms with Gasteiger partial charge in [0, 0.05) is 6.42 Å². The normalized spacial score (nSPS) is 48.2. The van der Waals surface area contributed by atoms with E-state index in [1.165, 1.54) is 32.1 Å². The van der Waals surface area contributed by atoms with Gasteiger partial charge in [-0.15, -0.1) is 0 Å². The molecule has 0 aliphatic heterocycles. The molecule has 4 aliphatic rings. The van der Waals surface area contributed by atoms with E-state index in [1.54, 1.807) is 0 Å². The fraction of sp³-hybridized carbons (Fsp3) is 0.926. The number of fused-ring (bicyclic) bond motifs is 5. The lowest BCUT2D eigenvalue weighted by molar-refractivity contribution is -0.160. The van der Waals surface area contributed by atoms with Crippen molar-refractivity contribution in [2.45, 2.75) is 105 Å². The summed E-state index contributed by atoms with van der Waals surface area (Å²) in [7, 11) is 0. The summed E-state index contributed by atoms with van der Waals surface area (Å²) in [6.07, 6.45) is 10.2. The molecule has 4 nitrogen and oxygen atoms in total. The first-order valence-electron chi connectivity index (χ1n) is 13.0. The zero-order valence-corrected chi connectivity index (χ0v) is 20.4. The van der Waals surface area contributed by atoms with Crippen LogP contribution in [0.2, 0.25) is 0 Å². The largest absolute Gasteiger partial charge is 0.465 e. The number of aliphatic hydroxyl groups excluding tert-OH is 1. The first kappa shape index (κ1) is 23.3. The molecule has 31 heavy (non-hydrogen) atoms. The van der Waals surface area contributed by atoms with E-state index in [9.17, 15) is 14.7 Å². The maximum atomic E-state index is 13.0. The highest BCUT2D eigenvalue weighted by molar-refractivity contribution is 5.99. The van der Waals surface area contributed by atoms with Crippen LogP contribution in [-0.4, -0.2) is 29.6 Å². The molecule has 9 atom stereocenters. The van der Waals surface area contributed by atoms with Crippen LogP contribution in [0.4, 0.5) is 0 Å². The molecule has 9 unspecified atom stereocenters. The van der Waals surface area contributed by atoms with Crippen molar-refractivity contribution in [1.82, 2.24) is 0 Å². The van der Waals surface area contributed by atoms with Crippen molar-refractivity contribution in [1.29, 1.82) is 0 Å². The molecule has 0 heterocycles. The predicted octanol–water partition coefficient (Wildman–Crippen LogP) is 5.55. The Morgan fingerprint density at radius 1 is 1.10 bits per heavy atom. The van der Waals surface area contributed by atoms with Crippen molar-refractivity contribution < 1.29 is 19.4 Å². The van der Waals surface area contributed by atoms with Gasteiger partial charge in [-0.3, -0.25) is 9.59 Å². The Morgan fingerprint density at radius 2 is 1.84 bits per heavy atom. The summed E-state index contributed by atoms with van der Waals surface area (Å²) in [6.45, 7) is 11.3. The minimum Gasteiger partial charge on any atom is -0.465 e. The third kappa shape index (κ3) is 3.33. The van der Waals surface area contributed by atoms with Gasteiger partial charge in [0.1, 0.15) is 11.7 Å². The van der Waals surface area contributed by atoms with Crippen LogP contribution in [0.25, 0.3) is 0 Å². The average Bonchev–Trinajstić information content (AvgIpc) is 3.09. The van der Waals surface area contributed by atoms with Gasteiger partial charge in [-0.1, -0.05) is 20.8 Å². The minimum absolute atomic E-state index is 0.00620. The molecule has 0 aromatic heterocycles. The van der Waals surface area contributed by atoms with E-state index in [-0.39, 0.29) is 28.7 Å². The first-order chi connectivity index (χ1) is 14.6. The van der Waals surface area contributed by atoms with E-state index in [0.717, 1.165) is 19.3 Å². The summed E-state index contributed by atoms with van der Waals surface area (Å²) in [5, 5.41) is 10.6. The summed E-state index contributed by atoms with van der Waals surface area (Å²) in [5.74, 6) is 1.69. The number of ketones is 1. The molecular weight excluding hydrogens is 388 g/mol. The number of carbonyl (C=O) groups excluding carboxylic acids is 2. The fourth-order valence-electron chi connectivity index (χ4n) is 9.37. The summed E-state index contributed by atoms with van der Waals surface area (Å²) in [4.78, 5) is 25.6. The van der Waals surface area contributed by atoms with Crippen molar-refractivity contribution in [2.24, 2.45) is 45.8 Å². The number of aliphatic hydroxyl groups is 1. The topological polar surface area (TPSA) is 63.6 Å². The van der Waals surface area contributed by atoms with Crippen LogP contribution in [-0.2, 0) is 14.3 Å². The van der Waals surface area contributed by atoms with E-state index in [1.807, 2.05) is 13.8 Å². The molecule has 1 N–H and O–H groups in total. The molecular formula is C27H44O4. The Bertz CT molecular complexity index is 716. The van der Waals surface area contributed by atoms with Crippen molar-refractivity contribution in [3.8, 4) is 0 Å². The van der Waals surface area contributed by atoms with Crippen LogP contribution >= 0.6 is 0 Å². The number of hydrogen-bond acceptors (Lipinski definition) is 4. The molecule has 0 radical (unpaired) electrons. The molecule has 4 heteroatoms. The summed E-state index contributed by atoms with van der Waals surface area (Å²) in [6, 6.07) is 0. The molecule has 0 saturated heterocycles. The Labute approximate surface area is 188 Å². The molecule has 0 amide bonds. The van der Waals surface area contributed by atoms with Crippen LogP contribution < -0.4 is 0 Å². The van der Waals surface area contributed by atoms with E-state index in [4.69, 9.17) is 4.74 Å². The number of ether oxygens (including phenoxy) is 1. The fourth-order valence-corrected chi connectivity index (χ4v) is 9.37. The van der Waals surface area contributed by atoms with Gasteiger partial charge in [0.05, 0.1) is 12.7 Å². The number of esters is 1. The second-order valence-corrected chi connectivity index (χ2v) is 11.9. The van der Waals surface area contributed by atoms with Gasteiger partial charge in [0.25, 0.3) is 0 Å². The Morgan fingerprint density at radius 3 is 2.48 bits per heavy atom. The van der Waals surface area contributed by atoms with Gasteiger partial charge in [-0.25, -0.2) is 0 Å². The zero-order valence-electron chi connectivity index (χ0n) is 20.4. The molecule has 4 saturated carbocycles. The van der Waals surface area contributed by atoms with E-state index >= 15 is 0 Å². The maximum absolute atomic E-state index is 13.0. The van der Waals surface area contributed by atoms with Gasteiger partial charge >= 0.3 is 5.97 Å². The Balaban J connectivity index is 1.64. The van der Waals surface area contributed by atoms with Gasteiger partial charge in [-0.05, 0) is 112 Å². The highest BCUT2D eigenvalue weighted by atomic mass is 16.5. The van der Waals surface area contributed by atoms with Crippen LogP contribution in [0, 0.1) is 45.8 Å². The van der Waals surface area contributed by atoms with Crippen LogP contribution in [0.15, 0.2) is 0 Å². The lowest BCUT2D eigenvalue weighted by Gasteiger charge is -2.63. The highest BCUT2D eigenvalue weighted by Crippen LogP contribution is 2.71. The van der Waals surface area contributed by atoms with Gasteiger partial charge in [0.15, 0.2) is 0 Å². The van der Waals surface area contributed by atoms with Gasteiger partial charge < -0.3 is 9.84 Å². The van der Waals surface area contributed by atoms with Crippen molar-refractivity contribution in [3.05, 3.63) is 0 Å². The van der Waals surface area contributed by atoms with E-state index < -0.39 is 5.92 Å². The number of carbonyl (C=O) groups is 2. The molecule has 4 rings (SSSR count). The van der Waals surface area contributed by atoms with Gasteiger partial charge in [0.2, 0.25) is 0 Å². The molecule has 4 aliphatic carbocycles. The Hall–Kier alpha value is -0.900. The standard InChI is InChI=1S/C27H44O4/c1-6-27-15-11-21-18(22(27)9-8-20(27)17(3)28)10-13-25(4)16-19(24(30)31-7-2)23(29)12-14-26(21,25)5/h17-22,28H,6-16H2,1-5H3. The third-order valence-corrected chi connectivity index (χ3v) is 11.2. The maximum Gasteiger partial charge on any atom is 0.316 e. The van der Waals surface area contributed by atoms with E-state index in [2.05, 4.69) is 20.8 Å². The summed E-state index contributed by atoms with van der Waals surface area (Å²) < 4.78 is 5.31. The molecule has 176 valence electrons. The second-order valence-electron chi connectivity index (χ2n) is 11.9. The lowest BCUT2D eigenvalue weighted by Crippen LogP contribution is -2.56. The van der Waals surface area contributed by atoms with Crippen molar-refractivity contribution in [3.63, 3.8) is 0 Å². The number of hydrogen-bond donors (Lipinski definition) is 1. The lowest BCUT2D eigenvalue weighted by atomic mass is 9.41. The van der Waals surface area contributed by atoms with Crippen molar-refractivity contribution in [2.75, 3.05) is 6.61 Å². The van der Waals surface area contributed by atoms with Gasteiger partial charge in [-0.2, -0.15) is 0 Å². The third-order valence-electron chi connectivity index (χ3n) is 11.2. The van der Waals surface area contributed by atoms with E-state index in [0.29, 0.717) is 48.5 Å². The van der Waals surface area contributed by atoms with Crippen LogP contribution in [0.3, 0.4) is 0 Å². The quantitative estimate of drug-likeness (QED) is 0.467. The van der Waals surface area contributed by atoms with Crippen LogP contribution in [0.5, 0.6) is 0 Å². The zero-order chi connectivity index (χ0) is 22.6. The van der Waals surface area contributed by atoms with Crippen LogP contribution in [0.1, 0.15) is 98.8 Å². The molecule has 0 spiro atoms. The first-order valence-corrected chi connectivity index (χ1v) is 13.0. The summed E-state index contributed by atoms with van der Waals surface area (Å²) in [5.41, 5.74) is 0.398. The smallest absolute Gasteiger partial charge is 0.316 e. The SMILES string of the molecule is CCOC(=O)C1CC2(C)CCC3C4CCC(C(C)O)C4(CC)CCC3C2(C)CCC1=O. The second kappa shape index (κ2) is 8.15. The Kier molecular flexibility index (Phi) is 6.12. The molecule has 4 fully saturated rings. The monoisotopic (exact) mass is 432 g/mol. The average molecular weight is 433 g/mol. The molecule has 0 bridgehead atoms. The number of Topliss-reactive ketones (excluding diaryl/α,β-unsaturated/α-hetero) is 1. The molecule has 0 aromatic carbocycles. The minimum atomic E-state index is -0.576. The predicted molar refractivity (Wildman–Crippen MR) is 121 cm³/mol. The molecule has 0 aromatic rings. The summed E-state index contributed by atoms with van der Waals surface area (Å²) >= 11 is 0.